The molecule has 1 aliphatic heterocycles. The molecule has 1 unspecified atom stereocenters. The second-order valence-electron chi connectivity index (χ2n) is 7.91. The first-order chi connectivity index (χ1) is 15.5. The zero-order valence-corrected chi connectivity index (χ0v) is 18.8. The van der Waals surface area contributed by atoms with Crippen LogP contribution in [0.15, 0.2) is 60.3 Å². The molecule has 0 radical (unpaired) electrons. The first kappa shape index (κ1) is 23.4. The SMILES string of the molecule is CC#CC(CC(=O)O)c1ccc(OCc2cccc(CN3CCN(N)/C(=C\C)C3)c2)cc1. The van der Waals surface area contributed by atoms with Crippen LogP contribution in [-0.4, -0.2) is 40.6 Å². The smallest absolute Gasteiger partial charge is 0.304 e. The number of allylic oxidation sites excluding steroid dienone is 1. The lowest BCUT2D eigenvalue weighted by Gasteiger charge is -2.35. The Morgan fingerprint density at radius 3 is 2.66 bits per heavy atom. The van der Waals surface area contributed by atoms with Gasteiger partial charge in [-0.3, -0.25) is 9.69 Å². The molecule has 32 heavy (non-hydrogen) atoms. The van der Waals surface area contributed by atoms with E-state index in [9.17, 15) is 4.79 Å². The van der Waals surface area contributed by atoms with E-state index < -0.39 is 5.97 Å². The van der Waals surface area contributed by atoms with Gasteiger partial charge in [0.2, 0.25) is 0 Å². The van der Waals surface area contributed by atoms with Gasteiger partial charge in [0.1, 0.15) is 12.4 Å². The van der Waals surface area contributed by atoms with Crippen LogP contribution in [-0.2, 0) is 17.9 Å². The number of nitrogens with two attached hydrogens (primary N) is 1. The van der Waals surface area contributed by atoms with Gasteiger partial charge < -0.3 is 14.9 Å². The quantitative estimate of drug-likeness (QED) is 0.488. The highest BCUT2D eigenvalue weighted by atomic mass is 16.5. The Hall–Kier alpha value is -3.27. The lowest BCUT2D eigenvalue weighted by atomic mass is 9.96. The van der Waals surface area contributed by atoms with Crippen LogP contribution in [0.25, 0.3) is 0 Å². The molecule has 3 N–H and O–H groups in total. The van der Waals surface area contributed by atoms with Crippen molar-refractivity contribution in [2.24, 2.45) is 5.84 Å². The number of hydrazine groups is 1. The molecule has 0 aliphatic carbocycles. The predicted molar refractivity (Wildman–Crippen MR) is 126 cm³/mol. The van der Waals surface area contributed by atoms with Gasteiger partial charge in [-0.05, 0) is 42.7 Å². The third-order valence-electron chi connectivity index (χ3n) is 5.53. The van der Waals surface area contributed by atoms with E-state index in [1.807, 2.05) is 36.2 Å². The Kier molecular flexibility index (Phi) is 8.32. The average Bonchev–Trinajstić information content (AvgIpc) is 2.79. The summed E-state index contributed by atoms with van der Waals surface area (Å²) in [5.74, 6) is 11.4. The van der Waals surface area contributed by atoms with E-state index in [0.717, 1.165) is 48.8 Å². The van der Waals surface area contributed by atoms with Crippen LogP contribution < -0.4 is 10.6 Å². The molecule has 1 aliphatic rings. The molecule has 1 heterocycles. The molecule has 1 saturated heterocycles. The molecule has 0 spiro atoms. The van der Waals surface area contributed by atoms with E-state index in [1.165, 1.54) is 5.56 Å². The number of carboxylic acids is 1. The Morgan fingerprint density at radius 1 is 1.22 bits per heavy atom. The van der Waals surface area contributed by atoms with Crippen LogP contribution in [0, 0.1) is 11.8 Å². The molecule has 0 bridgehead atoms. The van der Waals surface area contributed by atoms with Crippen molar-refractivity contribution in [3.8, 4) is 17.6 Å². The lowest BCUT2D eigenvalue weighted by Crippen LogP contribution is -2.47. The fourth-order valence-electron chi connectivity index (χ4n) is 3.82. The van der Waals surface area contributed by atoms with Gasteiger partial charge in [0.15, 0.2) is 0 Å². The molecule has 1 atom stereocenters. The zero-order chi connectivity index (χ0) is 22.9. The highest BCUT2D eigenvalue weighted by Crippen LogP contribution is 2.23. The summed E-state index contributed by atoms with van der Waals surface area (Å²) in [6.07, 6.45) is 2.06. The molecule has 0 aromatic heterocycles. The summed E-state index contributed by atoms with van der Waals surface area (Å²) in [5.41, 5.74) is 4.39. The van der Waals surface area contributed by atoms with Crippen LogP contribution in [0.4, 0.5) is 0 Å². The summed E-state index contributed by atoms with van der Waals surface area (Å²) in [5, 5.41) is 10.9. The average molecular weight is 434 g/mol. The topological polar surface area (TPSA) is 79.0 Å². The highest BCUT2D eigenvalue weighted by molar-refractivity contribution is 5.69. The molecular formula is C26H31N3O3. The second kappa shape index (κ2) is 11.4. The minimum absolute atomic E-state index is 0.0102. The molecular weight excluding hydrogens is 402 g/mol. The Balaban J connectivity index is 1.58. The molecule has 1 fully saturated rings. The maximum atomic E-state index is 11.1. The number of aliphatic carboxylic acids is 1. The number of nitrogens with zero attached hydrogens (tertiary/aromatic N) is 2. The molecule has 2 aromatic rings. The highest BCUT2D eigenvalue weighted by Gasteiger charge is 2.18. The van der Waals surface area contributed by atoms with Gasteiger partial charge >= 0.3 is 5.97 Å². The van der Waals surface area contributed by atoms with E-state index in [0.29, 0.717) is 6.61 Å². The summed E-state index contributed by atoms with van der Waals surface area (Å²) in [6.45, 7) is 7.70. The number of carboxylic acid groups (broad SMARTS) is 1. The summed E-state index contributed by atoms with van der Waals surface area (Å²) in [4.78, 5) is 13.5. The van der Waals surface area contributed by atoms with Crippen molar-refractivity contribution in [3.05, 3.63) is 77.0 Å². The number of hydrogen-bond donors (Lipinski definition) is 2. The fourth-order valence-corrected chi connectivity index (χ4v) is 3.82. The first-order valence-corrected chi connectivity index (χ1v) is 10.8. The Bertz CT molecular complexity index is 1000. The summed E-state index contributed by atoms with van der Waals surface area (Å²) in [7, 11) is 0. The van der Waals surface area contributed by atoms with Crippen molar-refractivity contribution in [1.29, 1.82) is 0 Å². The van der Waals surface area contributed by atoms with Crippen molar-refractivity contribution in [1.82, 2.24) is 9.91 Å². The number of piperazine rings is 1. The van der Waals surface area contributed by atoms with E-state index in [2.05, 4.69) is 47.1 Å². The Labute approximate surface area is 190 Å². The first-order valence-electron chi connectivity index (χ1n) is 10.8. The van der Waals surface area contributed by atoms with E-state index in [4.69, 9.17) is 15.7 Å². The van der Waals surface area contributed by atoms with Gasteiger partial charge in [0, 0.05) is 31.9 Å². The summed E-state index contributed by atoms with van der Waals surface area (Å²) in [6, 6.07) is 16.0. The van der Waals surface area contributed by atoms with Gasteiger partial charge in [-0.25, -0.2) is 5.84 Å². The summed E-state index contributed by atoms with van der Waals surface area (Å²) >= 11 is 0. The molecule has 168 valence electrons. The third kappa shape index (κ3) is 6.61. The van der Waals surface area contributed by atoms with Crippen molar-refractivity contribution in [2.45, 2.75) is 39.3 Å². The standard InChI is InChI=1S/C26H31N3O3/c1-3-6-23(16-26(30)31)22-9-11-25(12-10-22)32-19-21-8-5-7-20(15-21)17-28-13-14-29(27)24(4-2)18-28/h4-5,7-12,15,23H,13-14,16-19,27H2,1-2H3,(H,30,31)/b24-4-. The lowest BCUT2D eigenvalue weighted by molar-refractivity contribution is -0.137. The van der Waals surface area contributed by atoms with E-state index in [-0.39, 0.29) is 12.3 Å². The monoisotopic (exact) mass is 433 g/mol. The van der Waals surface area contributed by atoms with Crippen LogP contribution in [0.5, 0.6) is 5.75 Å². The van der Waals surface area contributed by atoms with Crippen LogP contribution in [0.1, 0.15) is 42.9 Å². The van der Waals surface area contributed by atoms with Crippen molar-refractivity contribution >= 4 is 5.97 Å². The largest absolute Gasteiger partial charge is 0.489 e. The second-order valence-corrected chi connectivity index (χ2v) is 7.91. The fraction of sp³-hybridized carbons (Fsp3) is 0.346. The number of ether oxygens (including phenoxy) is 1. The predicted octanol–water partition coefficient (Wildman–Crippen LogP) is 3.74. The number of rotatable bonds is 8. The van der Waals surface area contributed by atoms with Crippen LogP contribution in [0.3, 0.4) is 0 Å². The van der Waals surface area contributed by atoms with Crippen molar-refractivity contribution < 1.29 is 14.6 Å². The number of hydrogen-bond acceptors (Lipinski definition) is 5. The molecule has 2 aromatic carbocycles. The van der Waals surface area contributed by atoms with Gasteiger partial charge in [0.25, 0.3) is 0 Å². The normalized spacial score (nSPS) is 16.3. The molecule has 6 heteroatoms. The number of benzene rings is 2. The molecule has 3 rings (SSSR count). The minimum atomic E-state index is -0.857. The third-order valence-corrected chi connectivity index (χ3v) is 5.53. The molecule has 6 nitrogen and oxygen atoms in total. The van der Waals surface area contributed by atoms with E-state index >= 15 is 0 Å². The van der Waals surface area contributed by atoms with Crippen LogP contribution in [0.2, 0.25) is 0 Å². The van der Waals surface area contributed by atoms with Gasteiger partial charge in [-0.15, -0.1) is 5.92 Å². The molecule has 0 saturated carbocycles. The molecule has 0 amide bonds. The van der Waals surface area contributed by atoms with Gasteiger partial charge in [-0.2, -0.15) is 0 Å². The summed E-state index contributed by atoms with van der Waals surface area (Å²) < 4.78 is 5.96. The van der Waals surface area contributed by atoms with Crippen molar-refractivity contribution in [2.75, 3.05) is 19.6 Å². The van der Waals surface area contributed by atoms with Gasteiger partial charge in [-0.1, -0.05) is 48.4 Å². The maximum Gasteiger partial charge on any atom is 0.304 e. The zero-order valence-electron chi connectivity index (χ0n) is 18.8. The Morgan fingerprint density at radius 2 is 1.97 bits per heavy atom. The van der Waals surface area contributed by atoms with E-state index in [1.54, 1.807) is 6.92 Å². The number of carbonyl (C=O) groups is 1. The van der Waals surface area contributed by atoms with Gasteiger partial charge in [0.05, 0.1) is 12.3 Å². The minimum Gasteiger partial charge on any atom is -0.489 e. The van der Waals surface area contributed by atoms with Crippen molar-refractivity contribution in [3.63, 3.8) is 0 Å². The maximum absolute atomic E-state index is 11.1. The van der Waals surface area contributed by atoms with Crippen LogP contribution >= 0.6 is 0 Å².